The van der Waals surface area contributed by atoms with Gasteiger partial charge >= 0.3 is 0 Å². The van der Waals surface area contributed by atoms with E-state index >= 15 is 0 Å². The molecular formula is C12H25N. The van der Waals surface area contributed by atoms with Crippen molar-refractivity contribution in [1.82, 2.24) is 0 Å². The van der Waals surface area contributed by atoms with Crippen LogP contribution in [-0.2, 0) is 0 Å². The quantitative estimate of drug-likeness (QED) is 0.613. The molecule has 1 rings (SSSR count). The van der Waals surface area contributed by atoms with Crippen LogP contribution in [0.5, 0.6) is 0 Å². The Morgan fingerprint density at radius 3 is 1.31 bits per heavy atom. The molecule has 1 fully saturated rings. The maximum atomic E-state index is 5.95. The highest BCUT2D eigenvalue weighted by atomic mass is 14.8. The zero-order chi connectivity index (χ0) is 10.5. The summed E-state index contributed by atoms with van der Waals surface area (Å²) in [6.07, 6.45) is 2.39. The van der Waals surface area contributed by atoms with E-state index in [4.69, 9.17) is 5.73 Å². The van der Waals surface area contributed by atoms with Gasteiger partial charge in [-0.15, -0.1) is 0 Å². The molecule has 78 valence electrons. The van der Waals surface area contributed by atoms with Crippen LogP contribution >= 0.6 is 0 Å². The van der Waals surface area contributed by atoms with Crippen molar-refractivity contribution in [3.05, 3.63) is 0 Å². The first-order valence-electron chi connectivity index (χ1n) is 5.36. The second-order valence-electron chi connectivity index (χ2n) is 6.75. The Bertz CT molecular complexity index is 170. The molecule has 0 spiro atoms. The first kappa shape index (κ1) is 11.0. The SMILES string of the molecule is CC(C)(C)C1(C(C)(C)C)CC(N)C1. The highest BCUT2D eigenvalue weighted by Gasteiger charge is 2.56. The summed E-state index contributed by atoms with van der Waals surface area (Å²) in [5.74, 6) is 0. The zero-order valence-corrected chi connectivity index (χ0v) is 10.1. The predicted octanol–water partition coefficient (Wildman–Crippen LogP) is 3.19. The lowest BCUT2D eigenvalue weighted by Crippen LogP contribution is -2.59. The lowest BCUT2D eigenvalue weighted by Gasteiger charge is -2.62. The average Bonchev–Trinajstić information content (AvgIpc) is 1.74. The normalized spacial score (nSPS) is 24.2. The summed E-state index contributed by atoms with van der Waals surface area (Å²) in [6, 6.07) is 0.443. The number of hydrogen-bond donors (Lipinski definition) is 1. The monoisotopic (exact) mass is 183 g/mol. The van der Waals surface area contributed by atoms with Gasteiger partial charge < -0.3 is 5.73 Å². The topological polar surface area (TPSA) is 26.0 Å². The minimum absolute atomic E-state index is 0.376. The van der Waals surface area contributed by atoms with E-state index < -0.39 is 0 Å². The Morgan fingerprint density at radius 1 is 0.923 bits per heavy atom. The second-order valence-corrected chi connectivity index (χ2v) is 6.75. The number of nitrogens with two attached hydrogens (primary N) is 1. The van der Waals surface area contributed by atoms with E-state index in [1.54, 1.807) is 0 Å². The van der Waals surface area contributed by atoms with Crippen LogP contribution in [0.1, 0.15) is 54.4 Å². The van der Waals surface area contributed by atoms with Crippen LogP contribution in [0.2, 0.25) is 0 Å². The summed E-state index contributed by atoms with van der Waals surface area (Å²) in [7, 11) is 0. The molecule has 1 saturated carbocycles. The van der Waals surface area contributed by atoms with Crippen LogP contribution in [-0.4, -0.2) is 6.04 Å². The van der Waals surface area contributed by atoms with Gasteiger partial charge in [-0.2, -0.15) is 0 Å². The van der Waals surface area contributed by atoms with Crippen molar-refractivity contribution < 1.29 is 0 Å². The van der Waals surface area contributed by atoms with E-state index in [0.717, 1.165) is 0 Å². The number of hydrogen-bond acceptors (Lipinski definition) is 1. The summed E-state index contributed by atoms with van der Waals surface area (Å²) in [5, 5.41) is 0. The third-order valence-electron chi connectivity index (χ3n) is 4.09. The van der Waals surface area contributed by atoms with Crippen LogP contribution in [0.3, 0.4) is 0 Å². The maximum Gasteiger partial charge on any atom is 0.00502 e. The molecule has 2 N–H and O–H groups in total. The van der Waals surface area contributed by atoms with Gasteiger partial charge in [0.2, 0.25) is 0 Å². The van der Waals surface area contributed by atoms with Crippen molar-refractivity contribution in [2.75, 3.05) is 0 Å². The molecule has 0 heterocycles. The third kappa shape index (κ3) is 1.52. The molecule has 0 amide bonds. The fraction of sp³-hybridized carbons (Fsp3) is 1.00. The molecule has 0 radical (unpaired) electrons. The summed E-state index contributed by atoms with van der Waals surface area (Å²) < 4.78 is 0. The molecule has 0 unspecified atom stereocenters. The molecule has 0 bridgehead atoms. The molecule has 0 atom stereocenters. The minimum atomic E-state index is 0.376. The molecular weight excluding hydrogens is 158 g/mol. The van der Waals surface area contributed by atoms with Crippen LogP contribution in [0.15, 0.2) is 0 Å². The molecule has 0 aromatic heterocycles. The van der Waals surface area contributed by atoms with E-state index in [1.807, 2.05) is 0 Å². The zero-order valence-electron chi connectivity index (χ0n) is 10.1. The molecule has 0 aromatic carbocycles. The van der Waals surface area contributed by atoms with Gasteiger partial charge in [0.1, 0.15) is 0 Å². The lowest BCUT2D eigenvalue weighted by atomic mass is 9.44. The third-order valence-corrected chi connectivity index (χ3v) is 4.09. The summed E-state index contributed by atoms with van der Waals surface area (Å²) in [6.45, 7) is 14.1. The minimum Gasteiger partial charge on any atom is -0.328 e. The fourth-order valence-corrected chi connectivity index (χ4v) is 3.19. The molecule has 0 aliphatic heterocycles. The molecule has 1 aliphatic rings. The first-order valence-corrected chi connectivity index (χ1v) is 5.36. The van der Waals surface area contributed by atoms with Gasteiger partial charge in [0.15, 0.2) is 0 Å². The lowest BCUT2D eigenvalue weighted by molar-refractivity contribution is -0.111. The highest BCUT2D eigenvalue weighted by molar-refractivity contribution is 5.08. The molecule has 13 heavy (non-hydrogen) atoms. The Kier molecular flexibility index (Phi) is 2.31. The average molecular weight is 183 g/mol. The maximum absolute atomic E-state index is 5.95. The van der Waals surface area contributed by atoms with E-state index in [2.05, 4.69) is 41.5 Å². The van der Waals surface area contributed by atoms with Gasteiger partial charge in [-0.3, -0.25) is 0 Å². The van der Waals surface area contributed by atoms with Gasteiger partial charge in [0.25, 0.3) is 0 Å². The van der Waals surface area contributed by atoms with Crippen LogP contribution < -0.4 is 5.73 Å². The van der Waals surface area contributed by atoms with Crippen molar-refractivity contribution >= 4 is 0 Å². The Morgan fingerprint density at radius 2 is 1.23 bits per heavy atom. The Balaban J connectivity index is 2.93. The summed E-state index contributed by atoms with van der Waals surface area (Å²) in [5.41, 5.74) is 7.14. The molecule has 0 aromatic rings. The van der Waals surface area contributed by atoms with Crippen molar-refractivity contribution in [1.29, 1.82) is 0 Å². The van der Waals surface area contributed by atoms with Gasteiger partial charge in [-0.05, 0) is 29.1 Å². The largest absolute Gasteiger partial charge is 0.328 e. The molecule has 1 aliphatic carbocycles. The van der Waals surface area contributed by atoms with Gasteiger partial charge in [0.05, 0.1) is 0 Å². The van der Waals surface area contributed by atoms with E-state index in [-0.39, 0.29) is 0 Å². The van der Waals surface area contributed by atoms with E-state index in [0.29, 0.717) is 22.3 Å². The van der Waals surface area contributed by atoms with Crippen molar-refractivity contribution in [2.45, 2.75) is 60.4 Å². The smallest absolute Gasteiger partial charge is 0.00502 e. The Labute approximate surface area is 83.1 Å². The van der Waals surface area contributed by atoms with Gasteiger partial charge in [-0.25, -0.2) is 0 Å². The molecule has 1 heteroatoms. The standard InChI is InChI=1S/C12H25N/c1-10(2,3)12(11(4,5)6)7-9(13)8-12/h9H,7-8,13H2,1-6H3. The van der Waals surface area contributed by atoms with E-state index in [1.165, 1.54) is 12.8 Å². The van der Waals surface area contributed by atoms with Gasteiger partial charge in [0, 0.05) is 6.04 Å². The van der Waals surface area contributed by atoms with Crippen LogP contribution in [0, 0.1) is 16.2 Å². The second kappa shape index (κ2) is 2.73. The van der Waals surface area contributed by atoms with Crippen molar-refractivity contribution in [3.63, 3.8) is 0 Å². The first-order chi connectivity index (χ1) is 5.60. The van der Waals surface area contributed by atoms with Crippen molar-refractivity contribution in [2.24, 2.45) is 22.0 Å². The predicted molar refractivity (Wildman–Crippen MR) is 58.6 cm³/mol. The molecule has 0 saturated heterocycles. The number of rotatable bonds is 0. The van der Waals surface area contributed by atoms with Gasteiger partial charge in [-0.1, -0.05) is 41.5 Å². The molecule has 1 nitrogen and oxygen atoms in total. The highest BCUT2D eigenvalue weighted by Crippen LogP contribution is 2.62. The Hall–Kier alpha value is -0.0400. The summed E-state index contributed by atoms with van der Waals surface area (Å²) in [4.78, 5) is 0. The van der Waals surface area contributed by atoms with Crippen molar-refractivity contribution in [3.8, 4) is 0 Å². The van der Waals surface area contributed by atoms with Crippen LogP contribution in [0.25, 0.3) is 0 Å². The van der Waals surface area contributed by atoms with Crippen LogP contribution in [0.4, 0.5) is 0 Å². The fourth-order valence-electron chi connectivity index (χ4n) is 3.19. The van der Waals surface area contributed by atoms with E-state index in [9.17, 15) is 0 Å². The summed E-state index contributed by atoms with van der Waals surface area (Å²) >= 11 is 0.